The van der Waals surface area contributed by atoms with E-state index in [0.717, 1.165) is 16.5 Å². The minimum Gasteiger partial charge on any atom is -0.452 e. The summed E-state index contributed by atoms with van der Waals surface area (Å²) in [5.74, 6) is -1.38. The monoisotopic (exact) mass is 414 g/mol. The van der Waals surface area contributed by atoms with Crippen LogP contribution in [0.1, 0.15) is 21.5 Å². The predicted molar refractivity (Wildman–Crippen MR) is 110 cm³/mol. The van der Waals surface area contributed by atoms with E-state index in [1.54, 1.807) is 19.1 Å². The quantitative estimate of drug-likeness (QED) is 0.573. The molecule has 0 aromatic heterocycles. The van der Waals surface area contributed by atoms with Crippen molar-refractivity contribution in [2.24, 2.45) is 0 Å². The highest BCUT2D eigenvalue weighted by Gasteiger charge is 2.31. The molecule has 152 valence electrons. The number of rotatable bonds is 6. The molecule has 29 heavy (non-hydrogen) atoms. The Morgan fingerprint density at radius 3 is 2.52 bits per heavy atom. The Bertz CT molecular complexity index is 1050. The van der Waals surface area contributed by atoms with Crippen LogP contribution in [-0.2, 0) is 25.9 Å². The van der Waals surface area contributed by atoms with Crippen molar-refractivity contribution in [3.05, 3.63) is 76.7 Å². The zero-order valence-electron chi connectivity index (χ0n) is 15.9. The van der Waals surface area contributed by atoms with Gasteiger partial charge in [-0.15, -0.1) is 0 Å². The van der Waals surface area contributed by atoms with Gasteiger partial charge in [0.05, 0.1) is 17.4 Å². The second kappa shape index (κ2) is 8.48. The van der Waals surface area contributed by atoms with Crippen LogP contribution in [0.15, 0.2) is 60.0 Å². The van der Waals surface area contributed by atoms with Gasteiger partial charge in [0, 0.05) is 17.6 Å². The molecule has 0 radical (unpaired) electrons. The molecule has 0 aliphatic carbocycles. The van der Waals surface area contributed by atoms with Crippen molar-refractivity contribution >= 4 is 27.4 Å². The maximum absolute atomic E-state index is 12.8. The Morgan fingerprint density at radius 1 is 1.14 bits per heavy atom. The van der Waals surface area contributed by atoms with Gasteiger partial charge in [0.1, 0.15) is 0 Å². The first-order chi connectivity index (χ1) is 13.8. The minimum absolute atomic E-state index is 0.190. The van der Waals surface area contributed by atoms with E-state index in [4.69, 9.17) is 10.5 Å². The standard InChI is InChI=1S/C21H22N2O5S/c1-15-6-5-9-18(20(15)22)21(25)28-13-19(24)23(12-16-7-3-2-4-8-16)17-10-11-29(26,27)14-17/h2-11,17H,12-14,22H2,1H3/t17-/m0/s1. The number of sulfone groups is 1. The number of hydrogen-bond acceptors (Lipinski definition) is 6. The van der Waals surface area contributed by atoms with Crippen LogP contribution in [0, 0.1) is 6.92 Å². The van der Waals surface area contributed by atoms with Crippen molar-refractivity contribution in [2.75, 3.05) is 18.1 Å². The van der Waals surface area contributed by atoms with E-state index in [1.165, 1.54) is 17.0 Å². The van der Waals surface area contributed by atoms with E-state index in [2.05, 4.69) is 0 Å². The van der Waals surface area contributed by atoms with Crippen LogP contribution < -0.4 is 5.73 Å². The number of amides is 1. The van der Waals surface area contributed by atoms with Gasteiger partial charge in [-0.25, -0.2) is 13.2 Å². The van der Waals surface area contributed by atoms with Gasteiger partial charge in [0.25, 0.3) is 5.91 Å². The number of nitrogens with zero attached hydrogens (tertiary/aromatic N) is 1. The smallest absolute Gasteiger partial charge is 0.340 e. The molecule has 0 saturated carbocycles. The molecule has 1 amide bonds. The summed E-state index contributed by atoms with van der Waals surface area (Å²) in [5, 5.41) is 1.11. The molecule has 0 spiro atoms. The number of nitrogen functional groups attached to an aromatic ring is 1. The fourth-order valence-electron chi connectivity index (χ4n) is 3.07. The van der Waals surface area contributed by atoms with Crippen LogP contribution in [0.25, 0.3) is 0 Å². The van der Waals surface area contributed by atoms with Crippen LogP contribution in [0.2, 0.25) is 0 Å². The first-order valence-electron chi connectivity index (χ1n) is 9.03. The molecule has 7 nitrogen and oxygen atoms in total. The van der Waals surface area contributed by atoms with Crippen molar-refractivity contribution < 1.29 is 22.7 Å². The van der Waals surface area contributed by atoms with Crippen molar-refractivity contribution in [3.63, 3.8) is 0 Å². The van der Waals surface area contributed by atoms with Gasteiger partial charge in [-0.1, -0.05) is 42.5 Å². The normalized spacial score (nSPS) is 17.1. The van der Waals surface area contributed by atoms with Gasteiger partial charge in [0.15, 0.2) is 16.4 Å². The Labute approximate surface area is 169 Å². The Kier molecular flexibility index (Phi) is 6.03. The number of benzene rings is 2. The molecular formula is C21H22N2O5S. The second-order valence-corrected chi connectivity index (χ2v) is 8.78. The molecule has 0 saturated heterocycles. The lowest BCUT2D eigenvalue weighted by Crippen LogP contribution is -2.42. The third kappa shape index (κ3) is 5.03. The molecule has 2 N–H and O–H groups in total. The van der Waals surface area contributed by atoms with E-state index in [0.29, 0.717) is 5.69 Å². The van der Waals surface area contributed by atoms with Crippen LogP contribution in [0.3, 0.4) is 0 Å². The number of hydrogen-bond donors (Lipinski definition) is 1. The van der Waals surface area contributed by atoms with Crippen molar-refractivity contribution in [1.82, 2.24) is 4.90 Å². The summed E-state index contributed by atoms with van der Waals surface area (Å²) in [6.45, 7) is 1.46. The van der Waals surface area contributed by atoms with Crippen LogP contribution in [0.4, 0.5) is 5.69 Å². The lowest BCUT2D eigenvalue weighted by atomic mass is 10.1. The minimum atomic E-state index is -3.35. The van der Waals surface area contributed by atoms with Gasteiger partial charge < -0.3 is 15.4 Å². The van der Waals surface area contributed by atoms with E-state index in [-0.39, 0.29) is 17.9 Å². The fraction of sp³-hybridized carbons (Fsp3) is 0.238. The fourth-order valence-corrected chi connectivity index (χ4v) is 4.37. The van der Waals surface area contributed by atoms with Gasteiger partial charge in [-0.05, 0) is 30.2 Å². The molecule has 1 atom stereocenters. The summed E-state index contributed by atoms with van der Waals surface area (Å²) < 4.78 is 28.8. The molecule has 0 unspecified atom stereocenters. The molecule has 0 bridgehead atoms. The van der Waals surface area contributed by atoms with Crippen molar-refractivity contribution in [1.29, 1.82) is 0 Å². The van der Waals surface area contributed by atoms with Crippen LogP contribution in [-0.4, -0.2) is 43.6 Å². The van der Waals surface area contributed by atoms with Gasteiger partial charge in [0.2, 0.25) is 0 Å². The van der Waals surface area contributed by atoms with Gasteiger partial charge in [-0.3, -0.25) is 4.79 Å². The molecule has 3 rings (SSSR count). The summed E-state index contributed by atoms with van der Waals surface area (Å²) in [6, 6.07) is 13.6. The Morgan fingerprint density at radius 2 is 1.86 bits per heavy atom. The zero-order chi connectivity index (χ0) is 21.0. The molecular weight excluding hydrogens is 392 g/mol. The highest BCUT2D eigenvalue weighted by atomic mass is 32.2. The van der Waals surface area contributed by atoms with Crippen molar-refractivity contribution in [2.45, 2.75) is 19.5 Å². The molecule has 1 aliphatic heterocycles. The number of esters is 1. The average molecular weight is 414 g/mol. The molecule has 0 fully saturated rings. The number of ether oxygens (including phenoxy) is 1. The summed E-state index contributed by atoms with van der Waals surface area (Å²) in [7, 11) is -3.35. The number of aryl methyl sites for hydroxylation is 1. The van der Waals surface area contributed by atoms with Crippen LogP contribution in [0.5, 0.6) is 0 Å². The first-order valence-corrected chi connectivity index (χ1v) is 10.7. The predicted octanol–water partition coefficient (Wildman–Crippen LogP) is 2.07. The molecule has 2 aromatic rings. The maximum atomic E-state index is 12.8. The summed E-state index contributed by atoms with van der Waals surface area (Å²) in [4.78, 5) is 26.6. The average Bonchev–Trinajstić information content (AvgIpc) is 3.06. The summed E-state index contributed by atoms with van der Waals surface area (Å²) >= 11 is 0. The summed E-state index contributed by atoms with van der Waals surface area (Å²) in [5.41, 5.74) is 7.98. The topological polar surface area (TPSA) is 107 Å². The van der Waals surface area contributed by atoms with E-state index < -0.39 is 34.4 Å². The third-order valence-electron chi connectivity index (χ3n) is 4.70. The number of carbonyl (C=O) groups is 2. The molecule has 8 heteroatoms. The molecule has 2 aromatic carbocycles. The lowest BCUT2D eigenvalue weighted by molar-refractivity contribution is -0.136. The molecule has 1 aliphatic rings. The largest absolute Gasteiger partial charge is 0.452 e. The van der Waals surface area contributed by atoms with Gasteiger partial charge >= 0.3 is 5.97 Å². The highest BCUT2D eigenvalue weighted by Crippen LogP contribution is 2.20. The summed E-state index contributed by atoms with van der Waals surface area (Å²) in [6.07, 6.45) is 1.48. The van der Waals surface area contributed by atoms with Crippen molar-refractivity contribution in [3.8, 4) is 0 Å². The van der Waals surface area contributed by atoms with E-state index >= 15 is 0 Å². The number of para-hydroxylation sites is 1. The Balaban J connectivity index is 1.73. The number of nitrogens with two attached hydrogens (primary N) is 1. The van der Waals surface area contributed by atoms with Crippen LogP contribution >= 0.6 is 0 Å². The molecule has 1 heterocycles. The maximum Gasteiger partial charge on any atom is 0.340 e. The second-order valence-electron chi connectivity index (χ2n) is 6.84. The van der Waals surface area contributed by atoms with E-state index in [9.17, 15) is 18.0 Å². The van der Waals surface area contributed by atoms with E-state index in [1.807, 2.05) is 30.3 Å². The number of anilines is 1. The number of carbonyl (C=O) groups excluding carboxylic acids is 2. The zero-order valence-corrected chi connectivity index (χ0v) is 16.8. The highest BCUT2D eigenvalue weighted by molar-refractivity contribution is 7.94. The SMILES string of the molecule is Cc1cccc(C(=O)OCC(=O)N(Cc2ccccc2)[C@H]2C=CS(=O)(=O)C2)c1N. The third-order valence-corrected chi connectivity index (χ3v) is 6.08. The lowest BCUT2D eigenvalue weighted by Gasteiger charge is -2.27. The first kappa shape index (κ1) is 20.6. The van der Waals surface area contributed by atoms with Gasteiger partial charge in [-0.2, -0.15) is 0 Å². The Hall–Kier alpha value is -3.13.